The fourth-order valence-corrected chi connectivity index (χ4v) is 2.46. The molecule has 0 bridgehead atoms. The third-order valence-corrected chi connectivity index (χ3v) is 3.37. The summed E-state index contributed by atoms with van der Waals surface area (Å²) in [5, 5.41) is 10.1. The number of hydrogen-bond acceptors (Lipinski definition) is 2. The summed E-state index contributed by atoms with van der Waals surface area (Å²) in [5.74, 6) is -0.0627. The van der Waals surface area contributed by atoms with Crippen LogP contribution in [0.4, 0.5) is 0 Å². The molecule has 0 fully saturated rings. The molecule has 0 amide bonds. The van der Waals surface area contributed by atoms with Gasteiger partial charge in [0, 0.05) is 0 Å². The third kappa shape index (κ3) is 1.86. The number of halogens is 1. The summed E-state index contributed by atoms with van der Waals surface area (Å²) in [7, 11) is 0. The van der Waals surface area contributed by atoms with Gasteiger partial charge in [0.1, 0.15) is 5.75 Å². The van der Waals surface area contributed by atoms with E-state index in [-0.39, 0.29) is 5.75 Å². The molecular weight excluding hydrogens is 212 g/mol. The molecule has 1 aliphatic carbocycles. The lowest BCUT2D eigenvalue weighted by molar-refractivity contribution is 0.112. The van der Waals surface area contributed by atoms with Gasteiger partial charge < -0.3 is 5.11 Å². The maximum absolute atomic E-state index is 10.7. The van der Waals surface area contributed by atoms with Crippen molar-refractivity contribution in [3.8, 4) is 5.75 Å². The Kier molecular flexibility index (Phi) is 2.96. The molecule has 2 nitrogen and oxygen atoms in total. The molecule has 0 spiro atoms. The normalized spacial score (nSPS) is 15.5. The van der Waals surface area contributed by atoms with E-state index in [0.717, 1.165) is 36.8 Å². The van der Waals surface area contributed by atoms with E-state index in [1.807, 2.05) is 0 Å². The van der Waals surface area contributed by atoms with Gasteiger partial charge >= 0.3 is 0 Å². The highest BCUT2D eigenvalue weighted by molar-refractivity contribution is 6.33. The maximum atomic E-state index is 10.7. The molecule has 1 aliphatic rings. The second-order valence-corrected chi connectivity index (χ2v) is 4.32. The van der Waals surface area contributed by atoms with Crippen molar-refractivity contribution in [2.24, 2.45) is 0 Å². The van der Waals surface area contributed by atoms with E-state index in [1.165, 1.54) is 6.42 Å². The van der Waals surface area contributed by atoms with Gasteiger partial charge in [-0.25, -0.2) is 0 Å². The predicted molar refractivity (Wildman–Crippen MR) is 59.8 cm³/mol. The number of hydrogen-bond donors (Lipinski definition) is 1. The number of carbonyl (C=O) groups excluding carboxylic acids is 1. The van der Waals surface area contributed by atoms with Crippen LogP contribution in [0.1, 0.15) is 40.7 Å². The number of phenols is 1. The largest absolute Gasteiger partial charge is 0.506 e. The van der Waals surface area contributed by atoms with Crippen molar-refractivity contribution in [1.29, 1.82) is 0 Å². The van der Waals surface area contributed by atoms with Gasteiger partial charge in [-0.3, -0.25) is 4.79 Å². The predicted octanol–water partition coefficient (Wildman–Crippen LogP) is 3.13. The summed E-state index contributed by atoms with van der Waals surface area (Å²) in [4.78, 5) is 10.7. The van der Waals surface area contributed by atoms with Crippen LogP contribution in [-0.4, -0.2) is 11.4 Å². The Morgan fingerprint density at radius 3 is 2.73 bits per heavy atom. The monoisotopic (exact) mass is 224 g/mol. The van der Waals surface area contributed by atoms with Crippen LogP contribution in [0.25, 0.3) is 0 Å². The van der Waals surface area contributed by atoms with E-state index in [0.29, 0.717) is 16.9 Å². The number of aldehydes is 1. The van der Waals surface area contributed by atoms with Gasteiger partial charge in [0.25, 0.3) is 0 Å². The summed E-state index contributed by atoms with van der Waals surface area (Å²) in [6.07, 6.45) is 5.94. The molecule has 2 rings (SSSR count). The number of fused-ring (bicyclic) bond motifs is 1. The van der Waals surface area contributed by atoms with Gasteiger partial charge in [0.15, 0.2) is 6.29 Å². The first-order chi connectivity index (χ1) is 7.24. The number of phenolic OH excluding ortho intramolecular Hbond substituents is 1. The minimum atomic E-state index is -0.0627. The second kappa shape index (κ2) is 4.23. The summed E-state index contributed by atoms with van der Waals surface area (Å²) >= 11 is 6.06. The van der Waals surface area contributed by atoms with Gasteiger partial charge in [-0.1, -0.05) is 18.0 Å². The van der Waals surface area contributed by atoms with Crippen LogP contribution in [0.3, 0.4) is 0 Å². The topological polar surface area (TPSA) is 37.3 Å². The average molecular weight is 225 g/mol. The van der Waals surface area contributed by atoms with Gasteiger partial charge in [-0.05, 0) is 42.9 Å². The van der Waals surface area contributed by atoms with E-state index in [4.69, 9.17) is 11.6 Å². The molecule has 0 saturated heterocycles. The van der Waals surface area contributed by atoms with Crippen LogP contribution in [0.5, 0.6) is 5.75 Å². The average Bonchev–Trinajstić information content (AvgIpc) is 2.48. The lowest BCUT2D eigenvalue weighted by atomic mass is 9.99. The zero-order valence-electron chi connectivity index (χ0n) is 8.42. The Balaban J connectivity index is 2.58. The SMILES string of the molecule is O=Cc1cc2c(c(Cl)c1O)CCCCC2. The smallest absolute Gasteiger partial charge is 0.153 e. The first kappa shape index (κ1) is 10.5. The Labute approximate surface area is 93.9 Å². The van der Waals surface area contributed by atoms with Crippen LogP contribution >= 0.6 is 11.6 Å². The highest BCUT2D eigenvalue weighted by atomic mass is 35.5. The number of rotatable bonds is 1. The first-order valence-electron chi connectivity index (χ1n) is 5.22. The minimum absolute atomic E-state index is 0.0627. The number of aryl methyl sites for hydroxylation is 1. The molecule has 0 aliphatic heterocycles. The quantitative estimate of drug-likeness (QED) is 0.588. The zero-order chi connectivity index (χ0) is 10.8. The highest BCUT2D eigenvalue weighted by Crippen LogP contribution is 2.36. The third-order valence-electron chi connectivity index (χ3n) is 2.96. The first-order valence-corrected chi connectivity index (χ1v) is 5.60. The zero-order valence-corrected chi connectivity index (χ0v) is 9.18. The van der Waals surface area contributed by atoms with E-state index >= 15 is 0 Å². The van der Waals surface area contributed by atoms with Gasteiger partial charge in [0.05, 0.1) is 10.6 Å². The van der Waals surface area contributed by atoms with E-state index in [9.17, 15) is 9.90 Å². The van der Waals surface area contributed by atoms with Crippen molar-refractivity contribution in [2.75, 3.05) is 0 Å². The van der Waals surface area contributed by atoms with Crippen molar-refractivity contribution in [3.05, 3.63) is 27.8 Å². The lowest BCUT2D eigenvalue weighted by Gasteiger charge is -2.11. The molecular formula is C12H13ClO2. The van der Waals surface area contributed by atoms with Crippen molar-refractivity contribution in [2.45, 2.75) is 32.1 Å². The van der Waals surface area contributed by atoms with E-state index < -0.39 is 0 Å². The molecule has 0 atom stereocenters. The minimum Gasteiger partial charge on any atom is -0.506 e. The van der Waals surface area contributed by atoms with Crippen molar-refractivity contribution >= 4 is 17.9 Å². The highest BCUT2D eigenvalue weighted by Gasteiger charge is 2.17. The van der Waals surface area contributed by atoms with Gasteiger partial charge in [0.2, 0.25) is 0 Å². The van der Waals surface area contributed by atoms with Crippen molar-refractivity contribution in [1.82, 2.24) is 0 Å². The summed E-state index contributed by atoms with van der Waals surface area (Å²) in [5.41, 5.74) is 2.45. The molecule has 80 valence electrons. The molecule has 1 aromatic rings. The van der Waals surface area contributed by atoms with Crippen LogP contribution in [-0.2, 0) is 12.8 Å². The van der Waals surface area contributed by atoms with Crippen LogP contribution in [0, 0.1) is 0 Å². The van der Waals surface area contributed by atoms with Crippen LogP contribution in [0.15, 0.2) is 6.07 Å². The summed E-state index contributed by atoms with van der Waals surface area (Å²) in [6.45, 7) is 0. The van der Waals surface area contributed by atoms with Crippen LogP contribution < -0.4 is 0 Å². The number of benzene rings is 1. The van der Waals surface area contributed by atoms with Gasteiger partial charge in [-0.15, -0.1) is 0 Å². The fraction of sp³-hybridized carbons (Fsp3) is 0.417. The number of aromatic hydroxyl groups is 1. The van der Waals surface area contributed by atoms with E-state index in [1.54, 1.807) is 6.07 Å². The second-order valence-electron chi connectivity index (χ2n) is 3.94. The molecule has 0 aromatic heterocycles. The molecule has 3 heteroatoms. The Bertz CT molecular complexity index is 399. The maximum Gasteiger partial charge on any atom is 0.153 e. The Hall–Kier alpha value is -1.02. The Morgan fingerprint density at radius 2 is 2.00 bits per heavy atom. The Morgan fingerprint density at radius 1 is 1.27 bits per heavy atom. The molecule has 1 N–H and O–H groups in total. The molecule has 0 saturated carbocycles. The van der Waals surface area contributed by atoms with Gasteiger partial charge in [-0.2, -0.15) is 0 Å². The van der Waals surface area contributed by atoms with Crippen molar-refractivity contribution in [3.63, 3.8) is 0 Å². The number of carbonyl (C=O) groups is 1. The summed E-state index contributed by atoms with van der Waals surface area (Å²) < 4.78 is 0. The molecule has 0 heterocycles. The van der Waals surface area contributed by atoms with E-state index in [2.05, 4.69) is 0 Å². The summed E-state index contributed by atoms with van der Waals surface area (Å²) in [6, 6.07) is 1.77. The molecule has 1 aromatic carbocycles. The fourth-order valence-electron chi connectivity index (χ4n) is 2.13. The molecule has 15 heavy (non-hydrogen) atoms. The molecule has 0 radical (unpaired) electrons. The standard InChI is InChI=1S/C12H13ClO2/c13-11-10-5-3-1-2-4-8(10)6-9(7-14)12(11)15/h6-7,15H,1-5H2. The molecule has 0 unspecified atom stereocenters. The van der Waals surface area contributed by atoms with Crippen molar-refractivity contribution < 1.29 is 9.90 Å². The lowest BCUT2D eigenvalue weighted by Crippen LogP contribution is -1.96. The van der Waals surface area contributed by atoms with Crippen LogP contribution in [0.2, 0.25) is 5.02 Å².